The molecule has 21 heteroatoms. The fourth-order valence-corrected chi connectivity index (χ4v) is 7.49. The van der Waals surface area contributed by atoms with Crippen LogP contribution in [0.2, 0.25) is 0 Å². The van der Waals surface area contributed by atoms with Crippen molar-refractivity contribution in [3.8, 4) is 0 Å². The van der Waals surface area contributed by atoms with Gasteiger partial charge in [0, 0.05) is 13.1 Å². The molecule has 2 saturated heterocycles. The van der Waals surface area contributed by atoms with Crippen molar-refractivity contribution in [1.82, 2.24) is 39.0 Å². The molecule has 2 aromatic carbocycles. The first-order valence-corrected chi connectivity index (χ1v) is 18.7. The molecular weight excluding hydrogens is 739 g/mol. The van der Waals surface area contributed by atoms with E-state index in [0.29, 0.717) is 41.4 Å². The second kappa shape index (κ2) is 15.6. The molecular formula is C34H37N10O10P. The highest BCUT2D eigenvalue weighted by Crippen LogP contribution is 2.50. The second-order valence-corrected chi connectivity index (χ2v) is 14.3. The molecule has 8 rings (SSSR count). The van der Waals surface area contributed by atoms with E-state index in [1.165, 1.54) is 34.4 Å². The van der Waals surface area contributed by atoms with Crippen LogP contribution in [0.1, 0.15) is 23.6 Å². The summed E-state index contributed by atoms with van der Waals surface area (Å²) in [6.45, 7) is -0.432. The Bertz CT molecular complexity index is 2280. The molecule has 6 aromatic rings. The van der Waals surface area contributed by atoms with Crippen LogP contribution in [-0.2, 0) is 36.2 Å². The third-order valence-electron chi connectivity index (χ3n) is 9.36. The van der Waals surface area contributed by atoms with Gasteiger partial charge in [-0.1, -0.05) is 60.7 Å². The van der Waals surface area contributed by atoms with E-state index in [4.69, 9.17) is 18.5 Å². The first kappa shape index (κ1) is 37.0. The van der Waals surface area contributed by atoms with Crippen LogP contribution in [0.4, 0.5) is 11.6 Å². The minimum Gasteiger partial charge on any atom is -0.394 e. The van der Waals surface area contributed by atoms with Gasteiger partial charge in [-0.05, 0) is 11.1 Å². The van der Waals surface area contributed by atoms with Crippen molar-refractivity contribution in [2.45, 2.75) is 62.2 Å². The van der Waals surface area contributed by atoms with Gasteiger partial charge in [0.15, 0.2) is 46.4 Å². The summed E-state index contributed by atoms with van der Waals surface area (Å²) in [4.78, 5) is 36.8. The molecule has 0 saturated carbocycles. The quantitative estimate of drug-likeness (QED) is 0.0768. The summed E-state index contributed by atoms with van der Waals surface area (Å²) >= 11 is 0. The maximum absolute atomic E-state index is 13.4. The van der Waals surface area contributed by atoms with Gasteiger partial charge in [0.25, 0.3) is 0 Å². The third kappa shape index (κ3) is 7.52. The van der Waals surface area contributed by atoms with Crippen molar-refractivity contribution < 1.29 is 48.4 Å². The Hall–Kier alpha value is -4.99. The standard InChI is InChI=1S/C34H37N10O10P/c45-13-21-26(47)28(34(52-21)44-18-42-24-30(38-16-40-32(24)44)36-12-20-9-5-2-6-10-20)54-55(49,50)51-14-22-25(46)27(48)33(53-22)43-17-41-23-29(37-15-39-31(23)43)35-11-19-7-3-1-4-8-19/h1-10,15-18,21-22,25-28,33-34,45-48H,11-14H2,(H,49,50)(H,35,37,39)(H,36,38,40)/t21-,22-,25-,26-,27-,28-,33-,34-/m1/s1. The number of phosphoric acid groups is 1. The number of imidazole rings is 2. The zero-order valence-corrected chi connectivity index (χ0v) is 29.7. The summed E-state index contributed by atoms with van der Waals surface area (Å²) in [5.41, 5.74) is 3.31. The van der Waals surface area contributed by atoms with Gasteiger partial charge >= 0.3 is 7.82 Å². The van der Waals surface area contributed by atoms with Crippen LogP contribution >= 0.6 is 7.82 Å². The highest BCUT2D eigenvalue weighted by atomic mass is 31.2. The first-order valence-electron chi connectivity index (χ1n) is 17.2. The van der Waals surface area contributed by atoms with E-state index in [-0.39, 0.29) is 5.65 Å². The molecule has 0 spiro atoms. The lowest BCUT2D eigenvalue weighted by Gasteiger charge is -2.25. The molecule has 7 N–H and O–H groups in total. The van der Waals surface area contributed by atoms with Crippen molar-refractivity contribution in [1.29, 1.82) is 0 Å². The number of aliphatic hydroxyl groups is 4. The number of hydrogen-bond acceptors (Lipinski definition) is 17. The van der Waals surface area contributed by atoms with Gasteiger partial charge in [-0.25, -0.2) is 34.5 Å². The van der Waals surface area contributed by atoms with Crippen LogP contribution in [0.25, 0.3) is 22.3 Å². The predicted octanol–water partition coefficient (Wildman–Crippen LogP) is 1.26. The van der Waals surface area contributed by atoms with Crippen LogP contribution in [-0.4, -0.2) is 114 Å². The Balaban J connectivity index is 0.946. The van der Waals surface area contributed by atoms with E-state index < -0.39 is 70.1 Å². The molecule has 2 aliphatic rings. The molecule has 2 aliphatic heterocycles. The predicted molar refractivity (Wildman–Crippen MR) is 192 cm³/mol. The van der Waals surface area contributed by atoms with E-state index >= 15 is 0 Å². The number of aliphatic hydroxyl groups excluding tert-OH is 4. The third-order valence-corrected chi connectivity index (χ3v) is 10.3. The molecule has 288 valence electrons. The highest BCUT2D eigenvalue weighted by Gasteiger charge is 2.50. The van der Waals surface area contributed by atoms with Crippen molar-refractivity contribution in [3.63, 3.8) is 0 Å². The summed E-state index contributed by atoms with van der Waals surface area (Å²) in [6.07, 6.45) is -5.87. The molecule has 0 radical (unpaired) electrons. The number of phosphoric ester groups is 1. The van der Waals surface area contributed by atoms with Crippen molar-refractivity contribution in [3.05, 3.63) is 97.1 Å². The molecule has 1 unspecified atom stereocenters. The normalized spacial score (nSPS) is 26.4. The fourth-order valence-electron chi connectivity index (χ4n) is 6.55. The molecule has 0 amide bonds. The number of rotatable bonds is 14. The molecule has 0 aliphatic carbocycles. The number of fused-ring (bicyclic) bond motifs is 2. The Morgan fingerprint density at radius 3 is 1.76 bits per heavy atom. The monoisotopic (exact) mass is 776 g/mol. The minimum atomic E-state index is -5.05. The van der Waals surface area contributed by atoms with Gasteiger partial charge in [0.2, 0.25) is 0 Å². The van der Waals surface area contributed by atoms with Gasteiger partial charge in [0.1, 0.15) is 49.3 Å². The second-order valence-electron chi connectivity index (χ2n) is 12.9. The summed E-state index contributed by atoms with van der Waals surface area (Å²) < 4.78 is 38.7. The first-order chi connectivity index (χ1) is 26.7. The Labute approximate surface area is 312 Å². The summed E-state index contributed by atoms with van der Waals surface area (Å²) in [6, 6.07) is 19.3. The smallest absolute Gasteiger partial charge is 0.394 e. The van der Waals surface area contributed by atoms with Crippen molar-refractivity contribution in [2.24, 2.45) is 0 Å². The van der Waals surface area contributed by atoms with Crippen LogP contribution in [0.15, 0.2) is 86.0 Å². The van der Waals surface area contributed by atoms with Crippen LogP contribution in [0.5, 0.6) is 0 Å². The van der Waals surface area contributed by atoms with E-state index in [1.54, 1.807) is 0 Å². The summed E-state index contributed by atoms with van der Waals surface area (Å²) in [5.74, 6) is 0.848. The summed E-state index contributed by atoms with van der Waals surface area (Å²) in [5, 5.41) is 49.2. The molecule has 4 aromatic heterocycles. The van der Waals surface area contributed by atoms with Gasteiger partial charge in [-0.15, -0.1) is 0 Å². The number of hydrogen-bond donors (Lipinski definition) is 7. The van der Waals surface area contributed by atoms with Crippen molar-refractivity contribution >= 4 is 41.8 Å². The zero-order valence-electron chi connectivity index (χ0n) is 28.8. The maximum Gasteiger partial charge on any atom is 0.472 e. The van der Waals surface area contributed by atoms with Crippen LogP contribution in [0.3, 0.4) is 0 Å². The van der Waals surface area contributed by atoms with Gasteiger partial charge < -0.3 is 45.4 Å². The number of nitrogens with zero attached hydrogens (tertiary/aromatic N) is 8. The molecule has 2 fully saturated rings. The van der Waals surface area contributed by atoms with Crippen molar-refractivity contribution in [2.75, 3.05) is 23.8 Å². The van der Waals surface area contributed by atoms with Crippen LogP contribution < -0.4 is 10.6 Å². The molecule has 0 bridgehead atoms. The zero-order chi connectivity index (χ0) is 38.1. The van der Waals surface area contributed by atoms with Gasteiger partial charge in [0.05, 0.1) is 25.9 Å². The lowest BCUT2D eigenvalue weighted by molar-refractivity contribution is -0.0616. The number of aromatic nitrogens is 8. The van der Waals surface area contributed by atoms with Gasteiger partial charge in [-0.3, -0.25) is 18.2 Å². The molecule has 9 atom stereocenters. The number of nitrogens with one attached hydrogen (secondary N) is 2. The van der Waals surface area contributed by atoms with E-state index in [1.807, 2.05) is 60.7 Å². The lowest BCUT2D eigenvalue weighted by atomic mass is 10.1. The Kier molecular flexibility index (Phi) is 10.5. The number of anilines is 2. The topological polar surface area (TPSA) is 266 Å². The van der Waals surface area contributed by atoms with E-state index in [0.717, 1.165) is 11.1 Å². The average Bonchev–Trinajstić information content (AvgIpc) is 3.97. The highest BCUT2D eigenvalue weighted by molar-refractivity contribution is 7.47. The Morgan fingerprint density at radius 2 is 1.22 bits per heavy atom. The largest absolute Gasteiger partial charge is 0.472 e. The molecule has 6 heterocycles. The van der Waals surface area contributed by atoms with E-state index in [9.17, 15) is 29.9 Å². The maximum atomic E-state index is 13.4. The average molecular weight is 777 g/mol. The molecule has 55 heavy (non-hydrogen) atoms. The minimum absolute atomic E-state index is 0.252. The fraction of sp³-hybridized carbons (Fsp3) is 0.353. The number of ether oxygens (including phenoxy) is 2. The van der Waals surface area contributed by atoms with Gasteiger partial charge in [-0.2, -0.15) is 0 Å². The Morgan fingerprint density at radius 1 is 0.691 bits per heavy atom. The number of benzene rings is 2. The lowest BCUT2D eigenvalue weighted by Crippen LogP contribution is -2.36. The van der Waals surface area contributed by atoms with Crippen LogP contribution in [0, 0.1) is 0 Å². The summed E-state index contributed by atoms with van der Waals surface area (Å²) in [7, 11) is -5.05. The SMILES string of the molecule is O=P(O)(OC[C@H]1O[C@@H](n2cnc3c(NCc4ccccc4)ncnc32)[C@H](O)[C@@H]1O)O[C@@H]1[C@H](O)[C@@H](CO)O[C@H]1n1cnc2c(NCc3ccccc3)ncnc21. The van der Waals surface area contributed by atoms with E-state index in [2.05, 4.69) is 40.5 Å². The molecule has 20 nitrogen and oxygen atoms in total.